The maximum atomic E-state index is 13.5. The molecule has 0 fully saturated rings. The molecule has 0 bridgehead atoms. The van der Waals surface area contributed by atoms with Gasteiger partial charge in [-0.2, -0.15) is 0 Å². The number of nitrogens with zero attached hydrogens (tertiary/aromatic N) is 1. The third-order valence-corrected chi connectivity index (χ3v) is 4.46. The fourth-order valence-electron chi connectivity index (χ4n) is 2.27. The van der Waals surface area contributed by atoms with E-state index >= 15 is 0 Å². The Hall–Kier alpha value is -1.14. The number of sulfone groups is 1. The van der Waals surface area contributed by atoms with Crippen molar-refractivity contribution in [1.29, 1.82) is 0 Å². The summed E-state index contributed by atoms with van der Waals surface area (Å²) in [4.78, 5) is 2.13. The molecule has 0 radical (unpaired) electrons. The van der Waals surface area contributed by atoms with Gasteiger partial charge in [0.2, 0.25) is 0 Å². The Morgan fingerprint density at radius 3 is 2.64 bits per heavy atom. The van der Waals surface area contributed by atoms with Crippen molar-refractivity contribution in [3.05, 3.63) is 29.6 Å². The average molecular weight is 330 g/mol. The van der Waals surface area contributed by atoms with Gasteiger partial charge in [-0.05, 0) is 30.2 Å². The van der Waals surface area contributed by atoms with Gasteiger partial charge in [0.25, 0.3) is 0 Å². The fraction of sp³-hybridized carbons (Fsp3) is 0.625. The quantitative estimate of drug-likeness (QED) is 0.670. The molecule has 1 rings (SSSR count). The lowest BCUT2D eigenvalue weighted by molar-refractivity contribution is 0.595. The van der Waals surface area contributed by atoms with Crippen LogP contribution in [-0.4, -0.2) is 40.6 Å². The number of hydrogen-bond acceptors (Lipinski definition) is 4. The molecule has 22 heavy (non-hydrogen) atoms. The highest BCUT2D eigenvalue weighted by Crippen LogP contribution is 2.21. The summed E-state index contributed by atoms with van der Waals surface area (Å²) in [5, 5.41) is 3.08. The molecule has 0 aliphatic rings. The smallest absolute Gasteiger partial charge is 0.148 e. The van der Waals surface area contributed by atoms with E-state index in [0.29, 0.717) is 13.1 Å². The molecule has 0 saturated heterocycles. The van der Waals surface area contributed by atoms with E-state index in [9.17, 15) is 12.8 Å². The summed E-state index contributed by atoms with van der Waals surface area (Å²) in [7, 11) is -0.972. The maximum Gasteiger partial charge on any atom is 0.148 e. The monoisotopic (exact) mass is 330 g/mol. The molecular formula is C16H27FN2O2S. The molecule has 0 aliphatic heterocycles. The van der Waals surface area contributed by atoms with Gasteiger partial charge < -0.3 is 10.2 Å². The van der Waals surface area contributed by atoms with E-state index < -0.39 is 9.84 Å². The van der Waals surface area contributed by atoms with Crippen LogP contribution in [0.4, 0.5) is 10.1 Å². The van der Waals surface area contributed by atoms with Crippen molar-refractivity contribution in [2.45, 2.75) is 32.7 Å². The number of rotatable bonds is 10. The molecule has 0 atom stereocenters. The molecule has 0 heterocycles. The Morgan fingerprint density at radius 1 is 1.27 bits per heavy atom. The van der Waals surface area contributed by atoms with Gasteiger partial charge in [0.1, 0.15) is 15.7 Å². The minimum Gasteiger partial charge on any atom is -0.374 e. The number of hydrogen-bond donors (Lipinski definition) is 1. The number of anilines is 1. The van der Waals surface area contributed by atoms with Crippen LogP contribution < -0.4 is 10.2 Å². The Bertz CT molecular complexity index is 561. The molecule has 0 saturated carbocycles. The lowest BCUT2D eigenvalue weighted by Crippen LogP contribution is -2.25. The molecule has 1 N–H and O–H groups in total. The van der Waals surface area contributed by atoms with Gasteiger partial charge in [-0.3, -0.25) is 0 Å². The Labute approximate surface area is 133 Å². The zero-order chi connectivity index (χ0) is 16.6. The van der Waals surface area contributed by atoms with Crippen LogP contribution >= 0.6 is 0 Å². The van der Waals surface area contributed by atoms with Crippen LogP contribution in [0.2, 0.25) is 0 Å². The van der Waals surface area contributed by atoms with Crippen molar-refractivity contribution in [2.75, 3.05) is 37.0 Å². The van der Waals surface area contributed by atoms with E-state index in [-0.39, 0.29) is 11.6 Å². The summed E-state index contributed by atoms with van der Waals surface area (Å²) in [5.74, 6) is -0.185. The first-order chi connectivity index (χ1) is 10.3. The zero-order valence-electron chi connectivity index (χ0n) is 13.7. The number of halogens is 1. The molecule has 0 amide bonds. The SMILES string of the molecule is CCCCCN(C)c1ccc(F)cc1CNCCS(C)(=O)=O. The molecule has 0 aromatic heterocycles. The molecule has 0 aliphatic carbocycles. The van der Waals surface area contributed by atoms with Crippen molar-refractivity contribution < 1.29 is 12.8 Å². The van der Waals surface area contributed by atoms with E-state index in [1.54, 1.807) is 6.07 Å². The van der Waals surface area contributed by atoms with E-state index in [4.69, 9.17) is 0 Å². The van der Waals surface area contributed by atoms with Crippen LogP contribution in [0.1, 0.15) is 31.7 Å². The molecule has 4 nitrogen and oxygen atoms in total. The second-order valence-corrected chi connectivity index (χ2v) is 7.97. The predicted octanol–water partition coefficient (Wildman–Crippen LogP) is 2.59. The lowest BCUT2D eigenvalue weighted by atomic mass is 10.1. The van der Waals surface area contributed by atoms with Gasteiger partial charge in [0.15, 0.2) is 0 Å². The molecule has 0 spiro atoms. The zero-order valence-corrected chi connectivity index (χ0v) is 14.5. The van der Waals surface area contributed by atoms with E-state index in [1.165, 1.54) is 24.8 Å². The summed E-state index contributed by atoms with van der Waals surface area (Å²) < 4.78 is 35.7. The second kappa shape index (κ2) is 9.10. The van der Waals surface area contributed by atoms with Crippen LogP contribution in [0.25, 0.3) is 0 Å². The first kappa shape index (κ1) is 18.9. The van der Waals surface area contributed by atoms with Crippen molar-refractivity contribution in [3.63, 3.8) is 0 Å². The molecule has 1 aromatic rings. The van der Waals surface area contributed by atoms with Crippen LogP contribution in [0.5, 0.6) is 0 Å². The summed E-state index contributed by atoms with van der Waals surface area (Å²) in [6.45, 7) is 3.92. The van der Waals surface area contributed by atoms with Crippen LogP contribution in [0.3, 0.4) is 0 Å². The summed E-state index contributed by atoms with van der Waals surface area (Å²) >= 11 is 0. The highest BCUT2D eigenvalue weighted by Gasteiger charge is 2.09. The van der Waals surface area contributed by atoms with Crippen LogP contribution in [0, 0.1) is 5.82 Å². The van der Waals surface area contributed by atoms with Crippen LogP contribution in [0.15, 0.2) is 18.2 Å². The van der Waals surface area contributed by atoms with Gasteiger partial charge in [-0.25, -0.2) is 12.8 Å². The Balaban J connectivity index is 2.65. The van der Waals surface area contributed by atoms with E-state index in [1.807, 2.05) is 7.05 Å². The standard InChI is InChI=1S/C16H27FN2O2S/c1-4-5-6-10-19(2)16-8-7-15(17)12-14(16)13-18-9-11-22(3,20)21/h7-8,12,18H,4-6,9-11,13H2,1-3H3. The largest absolute Gasteiger partial charge is 0.374 e. The fourth-order valence-corrected chi connectivity index (χ4v) is 2.78. The normalized spacial score (nSPS) is 11.6. The van der Waals surface area contributed by atoms with E-state index in [0.717, 1.165) is 30.6 Å². The van der Waals surface area contributed by atoms with Gasteiger partial charge >= 0.3 is 0 Å². The third kappa shape index (κ3) is 7.22. The average Bonchev–Trinajstić information content (AvgIpc) is 2.43. The van der Waals surface area contributed by atoms with Gasteiger partial charge in [0.05, 0.1) is 5.75 Å². The predicted molar refractivity (Wildman–Crippen MR) is 90.6 cm³/mol. The second-order valence-electron chi connectivity index (χ2n) is 5.71. The minimum absolute atomic E-state index is 0.0873. The Morgan fingerprint density at radius 2 is 2.00 bits per heavy atom. The van der Waals surface area contributed by atoms with Crippen molar-refractivity contribution in [2.24, 2.45) is 0 Å². The van der Waals surface area contributed by atoms with Gasteiger partial charge in [-0.15, -0.1) is 0 Å². The lowest BCUT2D eigenvalue weighted by Gasteiger charge is -2.23. The first-order valence-corrected chi connectivity index (χ1v) is 9.77. The van der Waals surface area contributed by atoms with Gasteiger partial charge in [-0.1, -0.05) is 19.8 Å². The van der Waals surface area contributed by atoms with E-state index in [2.05, 4.69) is 17.1 Å². The van der Waals surface area contributed by atoms with Gasteiger partial charge in [0, 0.05) is 38.6 Å². The molecule has 6 heteroatoms. The minimum atomic E-state index is -2.98. The van der Waals surface area contributed by atoms with Crippen molar-refractivity contribution in [1.82, 2.24) is 5.32 Å². The highest BCUT2D eigenvalue weighted by atomic mass is 32.2. The molecule has 1 aromatic carbocycles. The maximum absolute atomic E-state index is 13.5. The van der Waals surface area contributed by atoms with Crippen LogP contribution in [-0.2, 0) is 16.4 Å². The molecule has 126 valence electrons. The number of benzene rings is 1. The Kier molecular flexibility index (Phi) is 7.82. The first-order valence-electron chi connectivity index (χ1n) is 7.71. The van der Waals surface area contributed by atoms with Crippen molar-refractivity contribution >= 4 is 15.5 Å². The molecule has 0 unspecified atom stereocenters. The topological polar surface area (TPSA) is 49.4 Å². The summed E-state index contributed by atoms with van der Waals surface area (Å²) in [5.41, 5.74) is 1.84. The highest BCUT2D eigenvalue weighted by molar-refractivity contribution is 7.90. The summed E-state index contributed by atoms with van der Waals surface area (Å²) in [6.07, 6.45) is 4.65. The third-order valence-electron chi connectivity index (χ3n) is 3.51. The van der Waals surface area contributed by atoms with Crippen molar-refractivity contribution in [3.8, 4) is 0 Å². The molecular weight excluding hydrogens is 303 g/mol. The number of unbranched alkanes of at least 4 members (excludes halogenated alkanes) is 2. The summed E-state index contributed by atoms with van der Waals surface area (Å²) in [6, 6.07) is 4.76. The number of nitrogens with one attached hydrogen (secondary N) is 1.